The van der Waals surface area contributed by atoms with Gasteiger partial charge in [0.2, 0.25) is 0 Å². The number of hydrogen-bond donors (Lipinski definition) is 1. The number of furan rings is 1. The average molecular weight is 220 g/mol. The molecule has 16 heavy (non-hydrogen) atoms. The first-order chi connectivity index (χ1) is 7.66. The fourth-order valence-corrected chi connectivity index (χ4v) is 1.25. The molecule has 0 aliphatic heterocycles. The zero-order chi connectivity index (χ0) is 11.5. The Morgan fingerprint density at radius 2 is 2.38 bits per heavy atom. The molecular weight excluding hydrogens is 212 g/mol. The molecule has 0 aromatic carbocycles. The van der Waals surface area contributed by atoms with E-state index in [4.69, 9.17) is 9.52 Å². The third-order valence-corrected chi connectivity index (χ3v) is 1.96. The summed E-state index contributed by atoms with van der Waals surface area (Å²) in [6, 6.07) is 4.59. The van der Waals surface area contributed by atoms with E-state index in [1.165, 1.54) is 18.7 Å². The van der Waals surface area contributed by atoms with Gasteiger partial charge < -0.3 is 9.52 Å². The average Bonchev–Trinajstić information content (AvgIpc) is 2.73. The summed E-state index contributed by atoms with van der Waals surface area (Å²) >= 11 is 0. The van der Waals surface area contributed by atoms with Gasteiger partial charge in [-0.1, -0.05) is 0 Å². The number of rotatable bonds is 3. The molecule has 1 N–H and O–H groups in total. The van der Waals surface area contributed by atoms with Crippen molar-refractivity contribution in [3.05, 3.63) is 41.1 Å². The summed E-state index contributed by atoms with van der Waals surface area (Å²) in [7, 11) is 0. The maximum Gasteiger partial charge on any atom is 0.323 e. The zero-order valence-corrected chi connectivity index (χ0v) is 8.16. The molecule has 2 heterocycles. The van der Waals surface area contributed by atoms with E-state index in [1.807, 2.05) is 0 Å². The highest BCUT2D eigenvalue weighted by Crippen LogP contribution is 2.14. The zero-order valence-electron chi connectivity index (χ0n) is 8.16. The van der Waals surface area contributed by atoms with Crippen LogP contribution in [0.2, 0.25) is 0 Å². The number of aliphatic carboxylic acids is 1. The van der Waals surface area contributed by atoms with Gasteiger partial charge in [0.05, 0.1) is 12.6 Å². The van der Waals surface area contributed by atoms with Crippen molar-refractivity contribution in [3.8, 4) is 11.5 Å². The van der Waals surface area contributed by atoms with Crippen molar-refractivity contribution >= 4 is 5.97 Å². The number of carboxylic acids is 1. The van der Waals surface area contributed by atoms with E-state index >= 15 is 0 Å². The molecule has 0 saturated heterocycles. The molecule has 0 bridgehead atoms. The van der Waals surface area contributed by atoms with Crippen LogP contribution in [0.1, 0.15) is 0 Å². The van der Waals surface area contributed by atoms with Crippen LogP contribution in [0.15, 0.2) is 40.0 Å². The second-order valence-electron chi connectivity index (χ2n) is 3.11. The topological polar surface area (TPSA) is 85.3 Å². The lowest BCUT2D eigenvalue weighted by Gasteiger charge is -2.01. The summed E-state index contributed by atoms with van der Waals surface area (Å²) in [4.78, 5) is 25.9. The Labute approximate surface area is 89.8 Å². The Bertz CT molecular complexity index is 556. The summed E-state index contributed by atoms with van der Waals surface area (Å²) in [5.41, 5.74) is -0.0413. The molecule has 0 aliphatic carbocycles. The lowest BCUT2D eigenvalue weighted by atomic mass is 10.3. The Morgan fingerprint density at radius 3 is 2.94 bits per heavy atom. The molecule has 0 radical (unpaired) electrons. The van der Waals surface area contributed by atoms with Gasteiger partial charge in [0.15, 0.2) is 5.76 Å². The van der Waals surface area contributed by atoms with Gasteiger partial charge in [-0.15, -0.1) is 0 Å². The van der Waals surface area contributed by atoms with Gasteiger partial charge in [0, 0.05) is 6.07 Å². The molecule has 0 unspecified atom stereocenters. The smallest absolute Gasteiger partial charge is 0.323 e. The van der Waals surface area contributed by atoms with Gasteiger partial charge in [0.25, 0.3) is 5.56 Å². The van der Waals surface area contributed by atoms with Crippen LogP contribution in [-0.2, 0) is 11.3 Å². The molecule has 82 valence electrons. The van der Waals surface area contributed by atoms with E-state index in [-0.39, 0.29) is 0 Å². The van der Waals surface area contributed by atoms with Crippen molar-refractivity contribution in [1.82, 2.24) is 9.55 Å². The highest BCUT2D eigenvalue weighted by molar-refractivity contribution is 5.66. The normalized spacial score (nSPS) is 10.2. The quantitative estimate of drug-likeness (QED) is 0.818. The second kappa shape index (κ2) is 4.01. The lowest BCUT2D eigenvalue weighted by molar-refractivity contribution is -0.137. The van der Waals surface area contributed by atoms with Gasteiger partial charge in [-0.2, -0.15) is 0 Å². The number of carboxylic acid groups (broad SMARTS) is 1. The highest BCUT2D eigenvalue weighted by atomic mass is 16.4. The van der Waals surface area contributed by atoms with Crippen LogP contribution in [0.3, 0.4) is 0 Å². The van der Waals surface area contributed by atoms with E-state index in [9.17, 15) is 9.59 Å². The molecule has 2 rings (SSSR count). The molecule has 0 spiro atoms. The van der Waals surface area contributed by atoms with E-state index in [2.05, 4.69) is 4.98 Å². The van der Waals surface area contributed by atoms with Crippen LogP contribution < -0.4 is 5.56 Å². The minimum absolute atomic E-state index is 0.386. The number of hydrogen-bond acceptors (Lipinski definition) is 4. The van der Waals surface area contributed by atoms with Crippen molar-refractivity contribution in [2.24, 2.45) is 0 Å². The Kier molecular flexibility index (Phi) is 2.55. The summed E-state index contributed by atoms with van der Waals surface area (Å²) in [5, 5.41) is 8.54. The molecule has 6 heteroatoms. The van der Waals surface area contributed by atoms with Crippen molar-refractivity contribution in [3.63, 3.8) is 0 Å². The van der Waals surface area contributed by atoms with Crippen LogP contribution in [0.5, 0.6) is 0 Å². The first-order valence-corrected chi connectivity index (χ1v) is 4.49. The van der Waals surface area contributed by atoms with Crippen LogP contribution in [0.4, 0.5) is 0 Å². The van der Waals surface area contributed by atoms with Gasteiger partial charge in [0.1, 0.15) is 12.2 Å². The first kappa shape index (κ1) is 10.2. The van der Waals surface area contributed by atoms with Crippen LogP contribution in [0.25, 0.3) is 11.5 Å². The molecule has 6 nitrogen and oxygen atoms in total. The third-order valence-electron chi connectivity index (χ3n) is 1.96. The van der Waals surface area contributed by atoms with Gasteiger partial charge in [-0.05, 0) is 12.1 Å². The number of carbonyl (C=O) groups is 1. The standard InChI is InChI=1S/C10H8N2O4/c13-9-4-7(8-2-1-3-16-8)11-6-12(9)5-10(14)15/h1-4,6H,5H2,(H,14,15). The Balaban J connectivity index is 2.37. The fraction of sp³-hybridized carbons (Fsp3) is 0.100. The molecule has 0 fully saturated rings. The van der Waals surface area contributed by atoms with Crippen molar-refractivity contribution < 1.29 is 14.3 Å². The van der Waals surface area contributed by atoms with Gasteiger partial charge >= 0.3 is 5.97 Å². The van der Waals surface area contributed by atoms with Crippen molar-refractivity contribution in [1.29, 1.82) is 0 Å². The van der Waals surface area contributed by atoms with Crippen LogP contribution in [-0.4, -0.2) is 20.6 Å². The summed E-state index contributed by atoms with van der Waals surface area (Å²) < 4.78 is 6.08. The predicted molar refractivity (Wildman–Crippen MR) is 53.8 cm³/mol. The van der Waals surface area contributed by atoms with Crippen molar-refractivity contribution in [2.75, 3.05) is 0 Å². The third kappa shape index (κ3) is 2.00. The van der Waals surface area contributed by atoms with Crippen LogP contribution >= 0.6 is 0 Å². The molecule has 0 aliphatic rings. The van der Waals surface area contributed by atoms with E-state index in [1.54, 1.807) is 12.1 Å². The molecule has 0 amide bonds. The molecular formula is C10H8N2O4. The van der Waals surface area contributed by atoms with Gasteiger partial charge in [-0.3, -0.25) is 14.2 Å². The van der Waals surface area contributed by atoms with Crippen molar-refractivity contribution in [2.45, 2.75) is 6.54 Å². The monoisotopic (exact) mass is 220 g/mol. The lowest BCUT2D eigenvalue weighted by Crippen LogP contribution is -2.23. The molecule has 2 aromatic heterocycles. The highest BCUT2D eigenvalue weighted by Gasteiger charge is 2.06. The number of aromatic nitrogens is 2. The maximum absolute atomic E-state index is 11.5. The summed E-state index contributed by atoms with van der Waals surface area (Å²) in [5.74, 6) is -0.616. The summed E-state index contributed by atoms with van der Waals surface area (Å²) in [6.07, 6.45) is 2.66. The SMILES string of the molecule is O=C(O)Cn1cnc(-c2ccco2)cc1=O. The fourth-order valence-electron chi connectivity index (χ4n) is 1.25. The number of nitrogens with zero attached hydrogens (tertiary/aromatic N) is 2. The largest absolute Gasteiger partial charge is 0.480 e. The van der Waals surface area contributed by atoms with E-state index in [0.717, 1.165) is 4.57 Å². The first-order valence-electron chi connectivity index (χ1n) is 4.49. The molecule has 0 atom stereocenters. The molecule has 0 saturated carbocycles. The van der Waals surface area contributed by atoms with E-state index < -0.39 is 18.1 Å². The second-order valence-corrected chi connectivity index (χ2v) is 3.11. The van der Waals surface area contributed by atoms with Gasteiger partial charge in [-0.25, -0.2) is 4.98 Å². The Morgan fingerprint density at radius 1 is 1.56 bits per heavy atom. The predicted octanol–water partition coefficient (Wildman–Crippen LogP) is 0.588. The summed E-state index contributed by atoms with van der Waals surface area (Å²) in [6.45, 7) is -0.399. The van der Waals surface area contributed by atoms with Crippen LogP contribution in [0, 0.1) is 0 Å². The Hall–Kier alpha value is -2.37. The minimum Gasteiger partial charge on any atom is -0.480 e. The minimum atomic E-state index is -1.09. The van der Waals surface area contributed by atoms with E-state index in [0.29, 0.717) is 11.5 Å². The maximum atomic E-state index is 11.5. The molecule has 2 aromatic rings.